The van der Waals surface area contributed by atoms with Crippen molar-refractivity contribution in [1.82, 2.24) is 4.98 Å². The Kier molecular flexibility index (Phi) is 3.28. The van der Waals surface area contributed by atoms with Gasteiger partial charge in [0.1, 0.15) is 23.5 Å². The molecule has 2 rings (SSSR count). The Morgan fingerprint density at radius 3 is 2.94 bits per heavy atom. The van der Waals surface area contributed by atoms with Crippen molar-refractivity contribution in [2.45, 2.75) is 5.38 Å². The molecule has 0 spiro atoms. The molecule has 88 valence electrons. The molecule has 0 fully saturated rings. The number of Topliss-reactive ketones (excluding diaryl/α,β-unsaturated/α-hetero) is 2. The van der Waals surface area contributed by atoms with Crippen LogP contribution in [0, 0.1) is 0 Å². The van der Waals surface area contributed by atoms with Crippen molar-refractivity contribution in [1.29, 1.82) is 0 Å². The fourth-order valence-corrected chi connectivity index (χ4v) is 1.87. The second-order valence-corrected chi connectivity index (χ2v) is 3.85. The molecule has 0 saturated heterocycles. The van der Waals surface area contributed by atoms with Crippen LogP contribution in [0.15, 0.2) is 23.3 Å². The van der Waals surface area contributed by atoms with Crippen LogP contribution in [0.1, 0.15) is 20.8 Å². The number of nitrogens with zero attached hydrogens (tertiary/aromatic N) is 2. The van der Waals surface area contributed by atoms with Crippen molar-refractivity contribution in [3.05, 3.63) is 29.6 Å². The predicted octanol–water partition coefficient (Wildman–Crippen LogP) is 1.48. The second-order valence-electron chi connectivity index (χ2n) is 3.41. The highest BCUT2D eigenvalue weighted by Gasteiger charge is 2.37. The number of rotatable bonds is 2. The average molecular weight is 255 g/mol. The van der Waals surface area contributed by atoms with E-state index in [1.165, 1.54) is 12.3 Å². The van der Waals surface area contributed by atoms with Gasteiger partial charge in [-0.15, -0.1) is 11.6 Å². The minimum Gasteiger partial charge on any atom is -0.290 e. The molecular formula is C11H8ClFN2O2. The molecule has 1 aliphatic carbocycles. The van der Waals surface area contributed by atoms with Gasteiger partial charge in [0.15, 0.2) is 0 Å². The maximum absolute atomic E-state index is 12.0. The molecule has 1 heterocycles. The number of carbonyl (C=O) groups excluding carboxylic acids is 2. The first kappa shape index (κ1) is 11.9. The van der Waals surface area contributed by atoms with E-state index in [2.05, 4.69) is 9.98 Å². The molecular weight excluding hydrogens is 247 g/mol. The van der Waals surface area contributed by atoms with Gasteiger partial charge in [0.2, 0.25) is 11.6 Å². The van der Waals surface area contributed by atoms with Crippen molar-refractivity contribution in [2.24, 2.45) is 4.99 Å². The van der Waals surface area contributed by atoms with Crippen LogP contribution in [-0.2, 0) is 0 Å². The normalized spacial score (nSPS) is 21.8. The van der Waals surface area contributed by atoms with Crippen LogP contribution < -0.4 is 0 Å². The van der Waals surface area contributed by atoms with E-state index in [0.29, 0.717) is 0 Å². The summed E-state index contributed by atoms with van der Waals surface area (Å²) in [4.78, 5) is 31.3. The summed E-state index contributed by atoms with van der Waals surface area (Å²) < 4.78 is 12.0. The van der Waals surface area contributed by atoms with Gasteiger partial charge in [-0.25, -0.2) is 4.39 Å². The van der Waals surface area contributed by atoms with Gasteiger partial charge in [0.05, 0.1) is 12.1 Å². The largest absolute Gasteiger partial charge is 0.290 e. The van der Waals surface area contributed by atoms with Crippen LogP contribution in [-0.4, -0.2) is 40.9 Å². The number of aromatic nitrogens is 1. The number of hydrogen-bond donors (Lipinski definition) is 0. The van der Waals surface area contributed by atoms with E-state index in [4.69, 9.17) is 11.6 Å². The third-order valence-electron chi connectivity index (χ3n) is 2.36. The van der Waals surface area contributed by atoms with Crippen molar-refractivity contribution in [3.63, 3.8) is 0 Å². The quantitative estimate of drug-likeness (QED) is 0.751. The van der Waals surface area contributed by atoms with Crippen molar-refractivity contribution >= 4 is 28.9 Å². The monoisotopic (exact) mass is 254 g/mol. The first-order valence-corrected chi connectivity index (χ1v) is 5.38. The Hall–Kier alpha value is -1.62. The van der Waals surface area contributed by atoms with Gasteiger partial charge in [0, 0.05) is 6.20 Å². The number of carbonyl (C=O) groups is 2. The number of aliphatic imine (C=N–C) groups is 1. The van der Waals surface area contributed by atoms with Crippen LogP contribution in [0.2, 0.25) is 0 Å². The smallest absolute Gasteiger partial charge is 0.211 e. The van der Waals surface area contributed by atoms with Crippen LogP contribution >= 0.6 is 11.6 Å². The van der Waals surface area contributed by atoms with Gasteiger partial charge in [-0.2, -0.15) is 0 Å². The van der Waals surface area contributed by atoms with E-state index in [1.807, 2.05) is 0 Å². The van der Waals surface area contributed by atoms with Gasteiger partial charge in [-0.3, -0.25) is 19.6 Å². The molecule has 1 atom stereocenters. The Morgan fingerprint density at radius 2 is 2.24 bits per heavy atom. The summed E-state index contributed by atoms with van der Waals surface area (Å²) in [5, 5.41) is -1.17. The molecule has 1 aromatic heterocycles. The zero-order chi connectivity index (χ0) is 12.4. The first-order chi connectivity index (χ1) is 8.16. The average Bonchev–Trinajstić information content (AvgIpc) is 2.36. The molecule has 6 heteroatoms. The van der Waals surface area contributed by atoms with Gasteiger partial charge in [-0.05, 0) is 12.1 Å². The summed E-state index contributed by atoms with van der Waals surface area (Å²) in [5.74, 6) is -0.930. The Bertz CT molecular complexity index is 516. The molecule has 0 N–H and O–H groups in total. The third kappa shape index (κ3) is 1.98. The minimum absolute atomic E-state index is 0.0525. The second kappa shape index (κ2) is 4.71. The Balaban J connectivity index is 2.51. The van der Waals surface area contributed by atoms with E-state index < -0.39 is 23.6 Å². The van der Waals surface area contributed by atoms with Crippen LogP contribution in [0.3, 0.4) is 0 Å². The molecule has 0 bridgehead atoms. The van der Waals surface area contributed by atoms with Crippen molar-refractivity contribution in [2.75, 3.05) is 13.2 Å². The van der Waals surface area contributed by atoms with E-state index >= 15 is 0 Å². The molecule has 0 amide bonds. The molecule has 1 unspecified atom stereocenters. The highest BCUT2D eigenvalue weighted by atomic mass is 35.5. The van der Waals surface area contributed by atoms with Gasteiger partial charge in [-0.1, -0.05) is 0 Å². The predicted molar refractivity (Wildman–Crippen MR) is 60.8 cm³/mol. The highest BCUT2D eigenvalue weighted by molar-refractivity contribution is 6.64. The van der Waals surface area contributed by atoms with Gasteiger partial charge in [0.25, 0.3) is 0 Å². The minimum atomic E-state index is -1.17. The SMILES string of the molecule is O=C1C(=NCCF)C(Cl)C(=O)c2ncccc21. The standard InChI is InChI=1S/C11H8ClFN2O2/c12-7-9(15-5-3-13)10(16)6-2-1-4-14-8(6)11(7)17/h1-2,4,7H,3,5H2. The fourth-order valence-electron chi connectivity index (χ4n) is 1.60. The number of pyridine rings is 1. The number of fused-ring (bicyclic) bond motifs is 1. The lowest BCUT2D eigenvalue weighted by atomic mass is 9.91. The zero-order valence-electron chi connectivity index (χ0n) is 8.69. The lowest BCUT2D eigenvalue weighted by molar-refractivity contribution is 0.0963. The molecule has 17 heavy (non-hydrogen) atoms. The van der Waals surface area contributed by atoms with Crippen LogP contribution in [0.5, 0.6) is 0 Å². The fraction of sp³-hybridized carbons (Fsp3) is 0.273. The van der Waals surface area contributed by atoms with Crippen LogP contribution in [0.25, 0.3) is 0 Å². The van der Waals surface area contributed by atoms with E-state index in [0.717, 1.165) is 0 Å². The topological polar surface area (TPSA) is 59.4 Å². The molecule has 0 aromatic carbocycles. The van der Waals surface area contributed by atoms with Gasteiger partial charge < -0.3 is 0 Å². The number of ketones is 2. The lowest BCUT2D eigenvalue weighted by Gasteiger charge is -2.18. The number of halogens is 2. The maximum atomic E-state index is 12.0. The summed E-state index contributed by atoms with van der Waals surface area (Å²) in [6.45, 7) is -0.873. The first-order valence-electron chi connectivity index (χ1n) is 4.95. The summed E-state index contributed by atoms with van der Waals surface area (Å²) in [6.07, 6.45) is 1.41. The highest BCUT2D eigenvalue weighted by Crippen LogP contribution is 2.21. The summed E-state index contributed by atoms with van der Waals surface area (Å²) in [6, 6.07) is 3.03. The Morgan fingerprint density at radius 1 is 1.47 bits per heavy atom. The summed E-state index contributed by atoms with van der Waals surface area (Å²) >= 11 is 5.83. The molecule has 0 radical (unpaired) electrons. The lowest BCUT2D eigenvalue weighted by Crippen LogP contribution is -2.39. The zero-order valence-corrected chi connectivity index (χ0v) is 9.45. The number of alkyl halides is 2. The van der Waals surface area contributed by atoms with Crippen molar-refractivity contribution in [3.8, 4) is 0 Å². The summed E-state index contributed by atoms with van der Waals surface area (Å²) in [5.41, 5.74) is 0.124. The van der Waals surface area contributed by atoms with E-state index in [-0.39, 0.29) is 23.5 Å². The van der Waals surface area contributed by atoms with E-state index in [1.54, 1.807) is 6.07 Å². The van der Waals surface area contributed by atoms with Gasteiger partial charge >= 0.3 is 0 Å². The van der Waals surface area contributed by atoms with E-state index in [9.17, 15) is 14.0 Å². The maximum Gasteiger partial charge on any atom is 0.211 e. The Labute approximate surface area is 102 Å². The number of hydrogen-bond acceptors (Lipinski definition) is 4. The molecule has 1 aliphatic rings. The molecule has 0 saturated carbocycles. The van der Waals surface area contributed by atoms with Crippen LogP contribution in [0.4, 0.5) is 4.39 Å². The molecule has 0 aliphatic heterocycles. The van der Waals surface area contributed by atoms with Crippen molar-refractivity contribution < 1.29 is 14.0 Å². The third-order valence-corrected chi connectivity index (χ3v) is 2.76. The molecule has 4 nitrogen and oxygen atoms in total. The summed E-state index contributed by atoms with van der Waals surface area (Å²) in [7, 11) is 0. The molecule has 1 aromatic rings.